The Kier molecular flexibility index (Phi) is 13.4. The lowest BCUT2D eigenvalue weighted by Crippen LogP contribution is -2.44. The van der Waals surface area contributed by atoms with Gasteiger partial charge in [-0.3, -0.25) is 4.90 Å². The Hall–Kier alpha value is -6.41. The normalized spacial score (nSPS) is 23.0. The molecule has 4 fully saturated rings. The van der Waals surface area contributed by atoms with E-state index in [1.165, 1.54) is 73.0 Å². The van der Waals surface area contributed by atoms with Gasteiger partial charge < -0.3 is 36.6 Å². The van der Waals surface area contributed by atoms with Crippen LogP contribution >= 0.6 is 0 Å². The van der Waals surface area contributed by atoms with Crippen LogP contribution in [0.5, 0.6) is 0 Å². The van der Waals surface area contributed by atoms with Crippen molar-refractivity contribution < 1.29 is 4.74 Å². The highest BCUT2D eigenvalue weighted by atomic mass is 16.5. The number of rotatable bonds is 10. The van der Waals surface area contributed by atoms with Crippen LogP contribution < -0.4 is 22.1 Å². The number of hydrogen-bond donors (Lipinski definition) is 4. The number of aromatic nitrogens is 8. The zero-order valence-electron chi connectivity index (χ0n) is 36.5. The van der Waals surface area contributed by atoms with Gasteiger partial charge in [0.1, 0.15) is 0 Å². The van der Waals surface area contributed by atoms with Crippen molar-refractivity contribution in [3.8, 4) is 11.6 Å². The Morgan fingerprint density at radius 1 is 0.609 bits per heavy atom. The third-order valence-corrected chi connectivity index (χ3v) is 13.5. The summed E-state index contributed by atoms with van der Waals surface area (Å²) >= 11 is 0. The summed E-state index contributed by atoms with van der Waals surface area (Å²) in [4.78, 5) is 26.6. The number of pyridine rings is 2. The number of likely N-dealkylation sites (tertiary alicyclic amines) is 1. The van der Waals surface area contributed by atoms with Crippen molar-refractivity contribution in [2.24, 2.45) is 0 Å². The summed E-state index contributed by atoms with van der Waals surface area (Å²) in [6, 6.07) is 29.3. The van der Waals surface area contributed by atoms with Crippen LogP contribution in [0.2, 0.25) is 0 Å². The number of nitrogen functional groups attached to an aromatic ring is 2. The van der Waals surface area contributed by atoms with Gasteiger partial charge in [-0.1, -0.05) is 30.7 Å². The monoisotopic (exact) mass is 862 g/mol. The average molecular weight is 862 g/mol. The first-order valence-electron chi connectivity index (χ1n) is 22.9. The van der Waals surface area contributed by atoms with Crippen molar-refractivity contribution in [2.45, 2.75) is 94.2 Å². The molecule has 0 spiro atoms. The fourth-order valence-corrected chi connectivity index (χ4v) is 9.92. The van der Waals surface area contributed by atoms with Gasteiger partial charge in [0.15, 0.2) is 11.6 Å². The van der Waals surface area contributed by atoms with Gasteiger partial charge in [-0.05, 0) is 137 Å². The molecule has 16 nitrogen and oxygen atoms in total. The second kappa shape index (κ2) is 20.0. The Balaban J connectivity index is 0.000000162. The number of piperidine rings is 1. The molecule has 10 rings (SSSR count). The smallest absolute Gasteiger partial charge is 0.257 e. The van der Waals surface area contributed by atoms with E-state index < -0.39 is 5.54 Å². The van der Waals surface area contributed by atoms with Crippen LogP contribution in [-0.2, 0) is 10.3 Å². The molecule has 0 amide bonds. The van der Waals surface area contributed by atoms with Crippen molar-refractivity contribution >= 4 is 35.2 Å². The standard InChI is InChI=1S/C25H30N8.C23H29N7O/c1-27-25(14-12-21(13-15-25)32-17-5-2-6-18-32)19-8-10-20(11-9-19)29-24-30-23(26)33(31-24)22-7-3-4-16-28-22;24-22-27-23(28-30(22)21-3-1-2-12-25-21)26-19-8-4-17(5-9-19)18-6-10-20(11-7-18)29-13-15-31-16-14-29/h3-4,7-11,16,21H,2,5-6,12-15,17-18H2,(H3,26,29,30,31);1-5,8-9,12,18,20H,6-7,10-11,13-16H2,(H3,24,26,27,28). The second-order valence-electron chi connectivity index (χ2n) is 17.4. The van der Waals surface area contributed by atoms with Crippen LogP contribution in [0.15, 0.2) is 97.3 Å². The molecule has 2 aliphatic heterocycles. The minimum atomic E-state index is -0.409. The summed E-state index contributed by atoms with van der Waals surface area (Å²) < 4.78 is 8.53. The van der Waals surface area contributed by atoms with Gasteiger partial charge >= 0.3 is 0 Å². The summed E-state index contributed by atoms with van der Waals surface area (Å²) in [6.07, 6.45) is 16.5. The minimum absolute atomic E-state index is 0.269. The molecule has 0 atom stereocenters. The van der Waals surface area contributed by atoms with Crippen molar-refractivity contribution in [1.82, 2.24) is 49.3 Å². The van der Waals surface area contributed by atoms with Crippen molar-refractivity contribution in [2.75, 3.05) is 61.5 Å². The summed E-state index contributed by atoms with van der Waals surface area (Å²) in [5, 5.41) is 15.3. The Morgan fingerprint density at radius 3 is 1.64 bits per heavy atom. The zero-order chi connectivity index (χ0) is 43.7. The number of nitrogens with zero attached hydrogens (tertiary/aromatic N) is 11. The van der Waals surface area contributed by atoms with E-state index >= 15 is 0 Å². The first-order chi connectivity index (χ1) is 31.4. The van der Waals surface area contributed by atoms with E-state index in [-0.39, 0.29) is 5.95 Å². The van der Waals surface area contributed by atoms with E-state index in [9.17, 15) is 0 Å². The highest BCUT2D eigenvalue weighted by Gasteiger charge is 2.44. The molecular weight excluding hydrogens is 803 g/mol. The number of hydrogen-bond acceptors (Lipinski definition) is 13. The van der Waals surface area contributed by atoms with E-state index in [2.05, 4.69) is 91.8 Å². The van der Waals surface area contributed by atoms with E-state index in [1.807, 2.05) is 48.5 Å². The molecule has 2 saturated heterocycles. The minimum Gasteiger partial charge on any atom is -0.379 e. The number of benzene rings is 2. The molecule has 2 aromatic carbocycles. The maximum atomic E-state index is 7.99. The molecule has 16 heteroatoms. The van der Waals surface area contributed by atoms with E-state index in [1.54, 1.807) is 12.4 Å². The molecule has 6 aromatic rings. The lowest BCUT2D eigenvalue weighted by atomic mass is 9.75. The number of morpholine rings is 1. The van der Waals surface area contributed by atoms with Crippen LogP contribution in [0.3, 0.4) is 0 Å². The molecule has 0 radical (unpaired) electrons. The number of ether oxygens (including phenoxy) is 1. The zero-order valence-corrected chi connectivity index (χ0v) is 36.5. The quantitative estimate of drug-likeness (QED) is 0.0977. The van der Waals surface area contributed by atoms with Crippen LogP contribution in [-0.4, -0.2) is 101 Å². The second-order valence-corrected chi connectivity index (χ2v) is 17.4. The molecule has 332 valence electrons. The average Bonchev–Trinajstić information content (AvgIpc) is 3.93. The molecule has 0 unspecified atom stereocenters. The summed E-state index contributed by atoms with van der Waals surface area (Å²) in [7, 11) is 0. The van der Waals surface area contributed by atoms with Crippen molar-refractivity contribution in [3.63, 3.8) is 0 Å². The molecule has 4 aromatic heterocycles. The lowest BCUT2D eigenvalue weighted by Gasteiger charge is -2.39. The summed E-state index contributed by atoms with van der Waals surface area (Å²) in [5.74, 6) is 3.34. The third-order valence-electron chi connectivity index (χ3n) is 13.5. The Morgan fingerprint density at radius 2 is 1.12 bits per heavy atom. The maximum absolute atomic E-state index is 7.99. The molecule has 6 heterocycles. The van der Waals surface area contributed by atoms with Crippen molar-refractivity contribution in [1.29, 1.82) is 0 Å². The lowest BCUT2D eigenvalue weighted by molar-refractivity contribution is 0.00730. The van der Waals surface area contributed by atoms with Crippen molar-refractivity contribution in [3.05, 3.63) is 120 Å². The van der Waals surface area contributed by atoms with Gasteiger partial charge in [0.25, 0.3) is 5.54 Å². The van der Waals surface area contributed by atoms with Gasteiger partial charge in [0.05, 0.1) is 13.2 Å². The molecule has 4 aliphatic rings. The first kappa shape index (κ1) is 42.9. The fraction of sp³-hybridized carbons (Fsp3) is 0.438. The largest absolute Gasteiger partial charge is 0.379 e. The summed E-state index contributed by atoms with van der Waals surface area (Å²) in [5.41, 5.74) is 16.0. The van der Waals surface area contributed by atoms with Crippen LogP contribution in [0.25, 0.3) is 16.5 Å². The predicted octanol–water partition coefficient (Wildman–Crippen LogP) is 7.88. The topological polar surface area (TPSA) is 183 Å². The predicted molar refractivity (Wildman–Crippen MR) is 250 cm³/mol. The molecule has 2 aliphatic carbocycles. The fourth-order valence-electron chi connectivity index (χ4n) is 9.92. The van der Waals surface area contributed by atoms with Crippen LogP contribution in [0.4, 0.5) is 35.2 Å². The molecule has 2 saturated carbocycles. The van der Waals surface area contributed by atoms with Crippen LogP contribution in [0, 0.1) is 6.57 Å². The summed E-state index contributed by atoms with van der Waals surface area (Å²) in [6.45, 7) is 14.4. The van der Waals surface area contributed by atoms with Gasteiger partial charge in [-0.15, -0.1) is 10.2 Å². The van der Waals surface area contributed by atoms with E-state index in [0.29, 0.717) is 41.4 Å². The number of nitrogens with one attached hydrogen (secondary N) is 2. The van der Waals surface area contributed by atoms with Gasteiger partial charge in [-0.2, -0.15) is 19.3 Å². The molecule has 0 bridgehead atoms. The molecule has 6 N–H and O–H groups in total. The van der Waals surface area contributed by atoms with Crippen LogP contribution in [0.1, 0.15) is 87.7 Å². The third kappa shape index (κ3) is 10.0. The Labute approximate surface area is 375 Å². The SMILES string of the molecule is Nc1nc(Nc2ccc(C3CCC(N4CCOCC4)CC3)cc2)nn1-c1ccccn1.[C-]#[N+]C1(c2ccc(Nc3nc(N)n(-c4ccccn4)n3)cc2)CCC(N2CCCCC2)CC1. The van der Waals surface area contributed by atoms with E-state index in [0.717, 1.165) is 75.0 Å². The molecular formula is C48H59N15O. The highest BCUT2D eigenvalue weighted by molar-refractivity contribution is 5.57. The van der Waals surface area contributed by atoms with Gasteiger partial charge in [-0.25, -0.2) is 16.5 Å². The van der Waals surface area contributed by atoms with E-state index in [4.69, 9.17) is 22.8 Å². The maximum Gasteiger partial charge on any atom is 0.257 e. The number of nitrogens with two attached hydrogens (primary N) is 2. The number of anilines is 6. The van der Waals surface area contributed by atoms with Gasteiger partial charge in [0.2, 0.25) is 23.8 Å². The first-order valence-corrected chi connectivity index (χ1v) is 22.9. The highest BCUT2D eigenvalue weighted by Crippen LogP contribution is 2.43. The van der Waals surface area contributed by atoms with Gasteiger partial charge in [0, 0.05) is 67.3 Å². The molecule has 64 heavy (non-hydrogen) atoms. The Bertz CT molecular complexity index is 2420.